The summed E-state index contributed by atoms with van der Waals surface area (Å²) in [6, 6.07) is 16.1. The number of thioether (sulfide) groups is 1. The zero-order valence-electron chi connectivity index (χ0n) is 22.6. The second-order valence-corrected chi connectivity index (χ2v) is 10.3. The van der Waals surface area contributed by atoms with Gasteiger partial charge in [-0.25, -0.2) is 14.2 Å². The molecule has 1 heterocycles. The third-order valence-corrected chi connectivity index (χ3v) is 7.07. The molecule has 1 N–H and O–H groups in total. The van der Waals surface area contributed by atoms with E-state index >= 15 is 0 Å². The minimum atomic E-state index is -0.800. The summed E-state index contributed by atoms with van der Waals surface area (Å²) in [5, 5.41) is 11.2. The first-order chi connectivity index (χ1) is 19.7. The smallest absolute Gasteiger partial charge is 0.344 e. The standard InChI is InChI=1S/C31H27ClFNO6S/c1-4-38-24-15-20(14-23(32)28(24)40-17-19-7-6-8-22(33)13-19)16-25-27(35)26(31(37)39-5-2)30(41-25)34-29(36)21-11-9-18(3)10-12-21/h6-16,35H,4-5,17H2,1-3H3/b25-16-,34-30?. The minimum Gasteiger partial charge on any atom is -0.506 e. The van der Waals surface area contributed by atoms with E-state index in [1.807, 2.05) is 6.92 Å². The molecule has 4 rings (SSSR count). The molecule has 0 saturated heterocycles. The lowest BCUT2D eigenvalue weighted by Gasteiger charge is -2.15. The number of carbonyl (C=O) groups excluding carboxylic acids is 2. The lowest BCUT2D eigenvalue weighted by atomic mass is 10.1. The number of amides is 1. The van der Waals surface area contributed by atoms with Crippen LogP contribution in [0.2, 0.25) is 5.02 Å². The molecule has 1 aliphatic rings. The van der Waals surface area contributed by atoms with Crippen molar-refractivity contribution in [2.75, 3.05) is 13.2 Å². The summed E-state index contributed by atoms with van der Waals surface area (Å²) < 4.78 is 30.3. The Labute approximate surface area is 246 Å². The molecule has 0 saturated carbocycles. The molecule has 0 spiro atoms. The number of aryl methyl sites for hydroxylation is 1. The average Bonchev–Trinajstić information content (AvgIpc) is 3.22. The molecule has 0 aromatic heterocycles. The molecule has 0 bridgehead atoms. The number of halogens is 2. The number of aliphatic hydroxyl groups excluding tert-OH is 1. The fourth-order valence-corrected chi connectivity index (χ4v) is 5.14. The highest BCUT2D eigenvalue weighted by molar-refractivity contribution is 8.18. The van der Waals surface area contributed by atoms with Crippen LogP contribution in [0.3, 0.4) is 0 Å². The number of benzene rings is 3. The largest absolute Gasteiger partial charge is 0.506 e. The molecule has 7 nitrogen and oxygen atoms in total. The topological polar surface area (TPSA) is 94.4 Å². The first-order valence-electron chi connectivity index (χ1n) is 12.7. The van der Waals surface area contributed by atoms with Crippen LogP contribution < -0.4 is 9.47 Å². The maximum Gasteiger partial charge on any atom is 0.344 e. The highest BCUT2D eigenvalue weighted by Gasteiger charge is 2.34. The van der Waals surface area contributed by atoms with E-state index in [2.05, 4.69) is 4.99 Å². The van der Waals surface area contributed by atoms with Gasteiger partial charge in [0.15, 0.2) is 11.5 Å². The number of hydrogen-bond acceptors (Lipinski definition) is 7. The van der Waals surface area contributed by atoms with Crippen molar-refractivity contribution in [3.05, 3.63) is 110 Å². The first kappa shape index (κ1) is 29.9. The van der Waals surface area contributed by atoms with Crippen LogP contribution in [0.1, 0.15) is 40.9 Å². The maximum absolute atomic E-state index is 13.6. The van der Waals surface area contributed by atoms with Crippen LogP contribution in [0.4, 0.5) is 4.39 Å². The Morgan fingerprint density at radius 1 is 1.05 bits per heavy atom. The number of esters is 1. The molecular formula is C31H27ClFNO6S. The van der Waals surface area contributed by atoms with Crippen LogP contribution in [0.5, 0.6) is 11.5 Å². The van der Waals surface area contributed by atoms with Gasteiger partial charge in [0.05, 0.1) is 23.1 Å². The normalized spacial score (nSPS) is 15.0. The molecular weight excluding hydrogens is 569 g/mol. The molecule has 0 unspecified atom stereocenters. The van der Waals surface area contributed by atoms with Gasteiger partial charge in [-0.15, -0.1) is 0 Å². The number of ether oxygens (including phenoxy) is 3. The van der Waals surface area contributed by atoms with Gasteiger partial charge in [0, 0.05) is 5.56 Å². The highest BCUT2D eigenvalue weighted by atomic mass is 35.5. The van der Waals surface area contributed by atoms with E-state index in [4.69, 9.17) is 25.8 Å². The summed E-state index contributed by atoms with van der Waals surface area (Å²) in [6.45, 7) is 5.79. The maximum atomic E-state index is 13.6. The molecule has 1 amide bonds. The fraction of sp³-hybridized carbons (Fsp3) is 0.194. The van der Waals surface area contributed by atoms with Gasteiger partial charge in [0.25, 0.3) is 5.91 Å². The Morgan fingerprint density at radius 3 is 2.49 bits per heavy atom. The van der Waals surface area contributed by atoms with Gasteiger partial charge >= 0.3 is 5.97 Å². The quantitative estimate of drug-likeness (QED) is 0.256. The lowest BCUT2D eigenvalue weighted by Crippen LogP contribution is -2.14. The molecule has 10 heteroatoms. The molecule has 212 valence electrons. The van der Waals surface area contributed by atoms with Crippen molar-refractivity contribution < 1.29 is 33.3 Å². The van der Waals surface area contributed by atoms with Crippen LogP contribution >= 0.6 is 23.4 Å². The fourth-order valence-electron chi connectivity index (χ4n) is 3.85. The molecule has 0 atom stereocenters. The van der Waals surface area contributed by atoms with E-state index in [0.717, 1.165) is 17.3 Å². The van der Waals surface area contributed by atoms with Crippen LogP contribution in [-0.4, -0.2) is 35.2 Å². The van der Waals surface area contributed by atoms with Gasteiger partial charge in [0.1, 0.15) is 28.8 Å². The Bertz CT molecular complexity index is 1570. The molecule has 1 aliphatic heterocycles. The molecule has 0 aliphatic carbocycles. The van der Waals surface area contributed by atoms with Gasteiger partial charge in [-0.3, -0.25) is 4.79 Å². The average molecular weight is 596 g/mol. The highest BCUT2D eigenvalue weighted by Crippen LogP contribution is 2.42. The van der Waals surface area contributed by atoms with Crippen molar-refractivity contribution in [3.63, 3.8) is 0 Å². The van der Waals surface area contributed by atoms with E-state index < -0.39 is 11.9 Å². The van der Waals surface area contributed by atoms with Crippen molar-refractivity contribution in [2.24, 2.45) is 4.99 Å². The summed E-state index contributed by atoms with van der Waals surface area (Å²) in [4.78, 5) is 30.0. The Balaban J connectivity index is 1.67. The zero-order valence-corrected chi connectivity index (χ0v) is 24.1. The Hall–Kier alpha value is -4.08. The Morgan fingerprint density at radius 2 is 1.80 bits per heavy atom. The van der Waals surface area contributed by atoms with E-state index in [1.54, 1.807) is 68.5 Å². The summed E-state index contributed by atoms with van der Waals surface area (Å²) in [5.74, 6) is -1.50. The van der Waals surface area contributed by atoms with E-state index in [9.17, 15) is 19.1 Å². The van der Waals surface area contributed by atoms with E-state index in [1.165, 1.54) is 12.1 Å². The molecule has 41 heavy (non-hydrogen) atoms. The van der Waals surface area contributed by atoms with Crippen LogP contribution in [0, 0.1) is 12.7 Å². The van der Waals surface area contributed by atoms with Crippen molar-refractivity contribution in [1.29, 1.82) is 0 Å². The van der Waals surface area contributed by atoms with Crippen molar-refractivity contribution in [2.45, 2.75) is 27.4 Å². The molecule has 0 fully saturated rings. The minimum absolute atomic E-state index is 0.0175. The predicted octanol–water partition coefficient (Wildman–Crippen LogP) is 7.47. The number of aliphatic hydroxyl groups is 1. The monoisotopic (exact) mass is 595 g/mol. The van der Waals surface area contributed by atoms with Crippen molar-refractivity contribution >= 4 is 46.4 Å². The number of nitrogens with zero attached hydrogens (tertiary/aromatic N) is 1. The summed E-state index contributed by atoms with van der Waals surface area (Å²) in [6.07, 6.45) is 1.59. The Kier molecular flexibility index (Phi) is 9.86. The van der Waals surface area contributed by atoms with Crippen molar-refractivity contribution in [1.82, 2.24) is 0 Å². The number of carbonyl (C=O) groups is 2. The molecule has 3 aromatic carbocycles. The zero-order chi connectivity index (χ0) is 29.5. The van der Waals surface area contributed by atoms with Crippen LogP contribution in [-0.2, 0) is 16.1 Å². The third-order valence-electron chi connectivity index (χ3n) is 5.77. The lowest BCUT2D eigenvalue weighted by molar-refractivity contribution is -0.138. The van der Waals surface area contributed by atoms with Gasteiger partial charge in [-0.05, 0) is 74.4 Å². The van der Waals surface area contributed by atoms with Gasteiger partial charge in [-0.2, -0.15) is 0 Å². The van der Waals surface area contributed by atoms with Crippen LogP contribution in [0.15, 0.2) is 81.9 Å². The summed E-state index contributed by atoms with van der Waals surface area (Å²) in [7, 11) is 0. The summed E-state index contributed by atoms with van der Waals surface area (Å²) >= 11 is 7.51. The number of hydrogen-bond donors (Lipinski definition) is 1. The van der Waals surface area contributed by atoms with E-state index in [0.29, 0.717) is 29.0 Å². The number of aliphatic imine (C=N–C) groups is 1. The second-order valence-electron chi connectivity index (χ2n) is 8.82. The van der Waals surface area contributed by atoms with E-state index in [-0.39, 0.29) is 51.1 Å². The molecule has 0 radical (unpaired) electrons. The SMILES string of the molecule is CCOC(=O)C1=C(O)/C(=C/c2cc(Cl)c(OCc3cccc(F)c3)c(OCC)c2)SC1=NC(=O)c1ccc(C)cc1. The van der Waals surface area contributed by atoms with Crippen LogP contribution in [0.25, 0.3) is 6.08 Å². The van der Waals surface area contributed by atoms with Gasteiger partial charge < -0.3 is 19.3 Å². The van der Waals surface area contributed by atoms with Gasteiger partial charge in [0.2, 0.25) is 0 Å². The predicted molar refractivity (Wildman–Crippen MR) is 158 cm³/mol. The van der Waals surface area contributed by atoms with Gasteiger partial charge in [-0.1, -0.05) is 53.2 Å². The first-order valence-corrected chi connectivity index (χ1v) is 13.9. The second kappa shape index (κ2) is 13.5. The van der Waals surface area contributed by atoms with Crippen molar-refractivity contribution in [3.8, 4) is 11.5 Å². The number of rotatable bonds is 9. The molecule has 3 aromatic rings. The summed E-state index contributed by atoms with van der Waals surface area (Å²) in [5.41, 5.74) is 2.26. The third kappa shape index (κ3) is 7.36.